The second-order valence-corrected chi connectivity index (χ2v) is 9.59. The van der Waals surface area contributed by atoms with Crippen LogP contribution in [-0.2, 0) is 0 Å². The number of hydrogen-bond donors (Lipinski definition) is 2. The minimum absolute atomic E-state index is 0.393. The number of nitrogens with one attached hydrogen (secondary N) is 1. The molecule has 1 unspecified atom stereocenters. The summed E-state index contributed by atoms with van der Waals surface area (Å²) in [5.41, 5.74) is 3.95. The van der Waals surface area contributed by atoms with E-state index in [1.165, 1.54) is 64.2 Å². The first kappa shape index (κ1) is 25.9. The number of unbranched alkanes of at least 4 members (excludes halogenated alkanes) is 9. The summed E-state index contributed by atoms with van der Waals surface area (Å²) in [7, 11) is 0. The van der Waals surface area contributed by atoms with Gasteiger partial charge in [-0.05, 0) is 55.9 Å². The van der Waals surface area contributed by atoms with Gasteiger partial charge in [0, 0.05) is 11.6 Å². The molecule has 0 amide bonds. The molecule has 29 heavy (non-hydrogen) atoms. The van der Waals surface area contributed by atoms with Gasteiger partial charge < -0.3 is 10.4 Å². The lowest BCUT2D eigenvalue weighted by atomic mass is 9.89. The number of thiocarbonyl (C=S) groups is 1. The summed E-state index contributed by atoms with van der Waals surface area (Å²) in [6.07, 6.45) is 14.8. The molecule has 0 saturated heterocycles. The quantitative estimate of drug-likeness (QED) is 0.180. The molecular weight excluding hydrogens is 374 g/mol. The summed E-state index contributed by atoms with van der Waals surface area (Å²) >= 11 is 5.81. The van der Waals surface area contributed by atoms with E-state index in [2.05, 4.69) is 26.1 Å². The van der Waals surface area contributed by atoms with Gasteiger partial charge >= 0.3 is 0 Å². The molecule has 0 bridgehead atoms. The van der Waals surface area contributed by atoms with Crippen molar-refractivity contribution in [2.75, 3.05) is 5.32 Å². The van der Waals surface area contributed by atoms with Crippen LogP contribution in [-0.4, -0.2) is 10.1 Å². The smallest absolute Gasteiger partial charge is 0.121 e. The molecule has 0 aromatic heterocycles. The molecule has 0 heterocycles. The van der Waals surface area contributed by atoms with E-state index in [1.54, 1.807) is 0 Å². The Morgan fingerprint density at radius 3 is 1.93 bits per heavy atom. The predicted molar refractivity (Wildman–Crippen MR) is 133 cm³/mol. The summed E-state index contributed by atoms with van der Waals surface area (Å²) in [5, 5.41) is 13.6. The molecule has 0 saturated carbocycles. The Bertz CT molecular complexity index is 624. The fourth-order valence-corrected chi connectivity index (χ4v) is 4.54. The molecule has 3 heteroatoms. The van der Waals surface area contributed by atoms with Gasteiger partial charge in [-0.15, -0.1) is 0 Å². The van der Waals surface area contributed by atoms with Gasteiger partial charge in [0.1, 0.15) is 5.75 Å². The lowest BCUT2D eigenvalue weighted by Crippen LogP contribution is -2.25. The molecule has 0 fully saturated rings. The highest BCUT2D eigenvalue weighted by Gasteiger charge is 2.20. The van der Waals surface area contributed by atoms with Crippen LogP contribution in [0.1, 0.15) is 108 Å². The second kappa shape index (κ2) is 14.0. The first-order valence-electron chi connectivity index (χ1n) is 11.9. The fourth-order valence-electron chi connectivity index (χ4n) is 4.04. The molecule has 1 aromatic carbocycles. The van der Waals surface area contributed by atoms with Crippen molar-refractivity contribution >= 4 is 22.9 Å². The molecule has 0 aliphatic rings. The summed E-state index contributed by atoms with van der Waals surface area (Å²) in [6, 6.07) is 2.02. The van der Waals surface area contributed by atoms with E-state index in [0.29, 0.717) is 17.6 Å². The number of phenols is 1. The van der Waals surface area contributed by atoms with Crippen molar-refractivity contribution in [1.82, 2.24) is 0 Å². The largest absolute Gasteiger partial charge is 0.507 e. The van der Waals surface area contributed by atoms with E-state index in [9.17, 15) is 5.11 Å². The second-order valence-electron chi connectivity index (χ2n) is 9.15. The predicted octanol–water partition coefficient (Wildman–Crippen LogP) is 8.64. The average Bonchev–Trinajstić information content (AvgIpc) is 2.68. The van der Waals surface area contributed by atoms with Gasteiger partial charge in [-0.1, -0.05) is 97.2 Å². The summed E-state index contributed by atoms with van der Waals surface area (Å²) in [6.45, 7) is 12.8. The van der Waals surface area contributed by atoms with Crippen LogP contribution >= 0.6 is 12.2 Å². The number of aromatic hydroxyl groups is 1. The standard InChI is InChI=1S/C26H45NOS/c1-7-8-9-10-11-12-13-14-15-16-17-23(19(2)3)26(29)27-24-18-20(4)25(28)22(6)21(24)5/h18-19,23,28H,7-17H2,1-6H3,(H,27,29). The minimum Gasteiger partial charge on any atom is -0.507 e. The van der Waals surface area contributed by atoms with E-state index in [-0.39, 0.29) is 0 Å². The van der Waals surface area contributed by atoms with E-state index in [4.69, 9.17) is 12.2 Å². The van der Waals surface area contributed by atoms with Gasteiger partial charge in [0.2, 0.25) is 0 Å². The molecule has 0 radical (unpaired) electrons. The lowest BCUT2D eigenvalue weighted by molar-refractivity contribution is 0.439. The number of benzene rings is 1. The maximum absolute atomic E-state index is 10.1. The molecule has 2 N–H and O–H groups in total. The number of hydrogen-bond acceptors (Lipinski definition) is 2. The Hall–Kier alpha value is -1.09. The zero-order valence-electron chi connectivity index (χ0n) is 19.9. The summed E-state index contributed by atoms with van der Waals surface area (Å²) in [4.78, 5) is 0.948. The SMILES string of the molecule is CCCCCCCCCCCCC(C(=S)Nc1cc(C)c(O)c(C)c1C)C(C)C. The third-order valence-electron chi connectivity index (χ3n) is 6.32. The van der Waals surface area contributed by atoms with Crippen LogP contribution in [0.15, 0.2) is 6.07 Å². The van der Waals surface area contributed by atoms with Crippen molar-refractivity contribution in [3.8, 4) is 5.75 Å². The van der Waals surface area contributed by atoms with Gasteiger partial charge in [-0.25, -0.2) is 0 Å². The van der Waals surface area contributed by atoms with Gasteiger partial charge in [0.25, 0.3) is 0 Å². The van der Waals surface area contributed by atoms with E-state index >= 15 is 0 Å². The Labute approximate surface area is 185 Å². The van der Waals surface area contributed by atoms with Crippen molar-refractivity contribution in [3.63, 3.8) is 0 Å². The first-order chi connectivity index (χ1) is 13.8. The van der Waals surface area contributed by atoms with Gasteiger partial charge in [-0.2, -0.15) is 0 Å². The van der Waals surface area contributed by atoms with E-state index in [0.717, 1.165) is 33.8 Å². The Balaban J connectivity index is 2.42. The van der Waals surface area contributed by atoms with Crippen molar-refractivity contribution in [2.45, 2.75) is 112 Å². The Kier molecular flexibility index (Phi) is 12.5. The van der Waals surface area contributed by atoms with Gasteiger partial charge in [0.05, 0.1) is 4.99 Å². The number of anilines is 1. The van der Waals surface area contributed by atoms with Crippen molar-refractivity contribution < 1.29 is 5.11 Å². The zero-order chi connectivity index (χ0) is 21.8. The van der Waals surface area contributed by atoms with Crippen LogP contribution in [0.25, 0.3) is 0 Å². The molecule has 1 aromatic rings. The van der Waals surface area contributed by atoms with Crippen LogP contribution in [0.2, 0.25) is 0 Å². The third-order valence-corrected chi connectivity index (χ3v) is 6.73. The number of rotatable bonds is 14. The highest BCUT2D eigenvalue weighted by atomic mass is 32.1. The molecule has 2 nitrogen and oxygen atoms in total. The number of aryl methyl sites for hydroxylation is 1. The van der Waals surface area contributed by atoms with Crippen molar-refractivity contribution in [3.05, 3.63) is 22.8 Å². The Morgan fingerprint density at radius 2 is 1.41 bits per heavy atom. The molecule has 1 rings (SSSR count). The van der Waals surface area contributed by atoms with E-state index < -0.39 is 0 Å². The third kappa shape index (κ3) is 9.07. The van der Waals surface area contributed by atoms with Crippen LogP contribution in [0.4, 0.5) is 5.69 Å². The van der Waals surface area contributed by atoms with Crippen molar-refractivity contribution in [1.29, 1.82) is 0 Å². The highest BCUT2D eigenvalue weighted by Crippen LogP contribution is 2.32. The number of phenolic OH excluding ortho intramolecular Hbond substituents is 1. The molecule has 0 spiro atoms. The average molecular weight is 420 g/mol. The monoisotopic (exact) mass is 419 g/mol. The minimum atomic E-state index is 0.393. The molecule has 0 aliphatic heterocycles. The van der Waals surface area contributed by atoms with E-state index in [1.807, 2.05) is 26.8 Å². The molecule has 1 atom stereocenters. The van der Waals surface area contributed by atoms with Crippen LogP contribution < -0.4 is 5.32 Å². The molecule has 0 aliphatic carbocycles. The fraction of sp³-hybridized carbons (Fsp3) is 0.731. The molecular formula is C26H45NOS. The maximum Gasteiger partial charge on any atom is 0.121 e. The molecule has 166 valence electrons. The van der Waals surface area contributed by atoms with Gasteiger partial charge in [0.15, 0.2) is 0 Å². The van der Waals surface area contributed by atoms with Crippen LogP contribution in [0, 0.1) is 32.6 Å². The van der Waals surface area contributed by atoms with Gasteiger partial charge in [-0.3, -0.25) is 0 Å². The normalized spacial score (nSPS) is 12.4. The maximum atomic E-state index is 10.1. The summed E-state index contributed by atoms with van der Waals surface area (Å²) in [5.74, 6) is 1.34. The zero-order valence-corrected chi connectivity index (χ0v) is 20.7. The lowest BCUT2D eigenvalue weighted by Gasteiger charge is -2.24. The first-order valence-corrected chi connectivity index (χ1v) is 12.3. The Morgan fingerprint density at radius 1 is 0.897 bits per heavy atom. The topological polar surface area (TPSA) is 32.3 Å². The van der Waals surface area contributed by atoms with Crippen molar-refractivity contribution in [2.24, 2.45) is 11.8 Å². The highest BCUT2D eigenvalue weighted by molar-refractivity contribution is 7.80. The summed E-state index contributed by atoms with van der Waals surface area (Å²) < 4.78 is 0. The van der Waals surface area contributed by atoms with Crippen LogP contribution in [0.3, 0.4) is 0 Å². The van der Waals surface area contributed by atoms with Crippen LogP contribution in [0.5, 0.6) is 5.75 Å².